The Bertz CT molecular complexity index is 1250. The van der Waals surface area contributed by atoms with Gasteiger partial charge in [0.2, 0.25) is 0 Å². The van der Waals surface area contributed by atoms with Gasteiger partial charge in [-0.15, -0.1) is 0 Å². The zero-order chi connectivity index (χ0) is 31.6. The van der Waals surface area contributed by atoms with Crippen molar-refractivity contribution in [3.8, 4) is 11.5 Å². The molecule has 1 aliphatic heterocycles. The van der Waals surface area contributed by atoms with E-state index in [1.807, 2.05) is 13.8 Å². The number of aliphatic hydroxyl groups is 1. The number of rotatable bonds is 5. The molecule has 42 heavy (non-hydrogen) atoms. The van der Waals surface area contributed by atoms with E-state index >= 15 is 0 Å². The highest BCUT2D eigenvalue weighted by molar-refractivity contribution is 6.04. The van der Waals surface area contributed by atoms with Crippen LogP contribution in [-0.2, 0) is 25.4 Å². The van der Waals surface area contributed by atoms with Crippen LogP contribution >= 0.6 is 0 Å². The third-order valence-electron chi connectivity index (χ3n) is 7.11. The van der Waals surface area contributed by atoms with Gasteiger partial charge in [0.1, 0.15) is 23.3 Å². The lowest BCUT2D eigenvalue weighted by atomic mass is 9.87. The zero-order valence-electron chi connectivity index (χ0n) is 25.0. The Balaban J connectivity index is 2.69. The number of hydrogen-bond donors (Lipinski definition) is 5. The fourth-order valence-corrected chi connectivity index (χ4v) is 4.87. The molecule has 6 N–H and O–H groups in total. The monoisotopic (exact) mass is 585 g/mol. The molecule has 11 nitrogen and oxygen atoms in total. The molecule has 230 valence electrons. The predicted molar refractivity (Wildman–Crippen MR) is 162 cm³/mol. The first kappa shape index (κ1) is 34.3. The predicted octanol–water partition coefficient (Wildman–Crippen LogP) is 4.45. The molecular weight excluding hydrogens is 542 g/mol. The lowest BCUT2D eigenvalue weighted by Crippen LogP contribution is -2.37. The number of nitrogens with one attached hydrogen (secondary N) is 1. The van der Waals surface area contributed by atoms with Crippen LogP contribution in [0.15, 0.2) is 59.2 Å². The molecular formula is C31H43N3O8. The summed E-state index contributed by atoms with van der Waals surface area (Å²) in [6.45, 7) is 10.6. The van der Waals surface area contributed by atoms with Gasteiger partial charge in [0.05, 0.1) is 17.9 Å². The molecule has 2 amide bonds. The third-order valence-corrected chi connectivity index (χ3v) is 7.11. The van der Waals surface area contributed by atoms with E-state index in [-0.39, 0.29) is 40.8 Å². The second kappa shape index (κ2) is 15.9. The van der Waals surface area contributed by atoms with Crippen LogP contribution in [-0.4, -0.2) is 72.2 Å². The van der Waals surface area contributed by atoms with Crippen molar-refractivity contribution in [2.75, 3.05) is 19.5 Å². The molecule has 0 saturated heterocycles. The van der Waals surface area contributed by atoms with E-state index in [0.29, 0.717) is 17.6 Å². The van der Waals surface area contributed by atoms with Crippen LogP contribution in [0.2, 0.25) is 0 Å². The van der Waals surface area contributed by atoms with Gasteiger partial charge in [-0.3, -0.25) is 9.79 Å². The van der Waals surface area contributed by atoms with Crippen LogP contribution in [0.5, 0.6) is 11.5 Å². The Morgan fingerprint density at radius 2 is 1.90 bits per heavy atom. The summed E-state index contributed by atoms with van der Waals surface area (Å²) < 4.78 is 16.6. The molecule has 2 rings (SSSR count). The first-order chi connectivity index (χ1) is 19.8. The largest absolute Gasteiger partial charge is 0.506 e. The van der Waals surface area contributed by atoms with Crippen LogP contribution < -0.4 is 11.1 Å². The molecule has 1 heterocycles. The minimum absolute atomic E-state index is 0.00774. The lowest BCUT2D eigenvalue weighted by molar-refractivity contribution is -0.112. The van der Waals surface area contributed by atoms with Crippen LogP contribution in [0.1, 0.15) is 39.7 Å². The number of benzene rings is 1. The minimum atomic E-state index is -0.994. The fraction of sp³-hybridized carbons (Fsp3) is 0.452. The number of methoxy groups -OCH3 is 2. The second-order valence-electron chi connectivity index (χ2n) is 10.5. The summed E-state index contributed by atoms with van der Waals surface area (Å²) in [6.07, 6.45) is 5.69. The molecule has 6 atom stereocenters. The van der Waals surface area contributed by atoms with E-state index in [2.05, 4.69) is 16.9 Å². The van der Waals surface area contributed by atoms with Gasteiger partial charge in [0.15, 0.2) is 6.10 Å². The molecule has 0 spiro atoms. The van der Waals surface area contributed by atoms with Crippen LogP contribution in [0.3, 0.4) is 0 Å². The van der Waals surface area contributed by atoms with Crippen molar-refractivity contribution in [3.05, 3.63) is 59.7 Å². The lowest BCUT2D eigenvalue weighted by Gasteiger charge is -2.29. The number of fused-ring (bicyclic) bond motifs is 2. The summed E-state index contributed by atoms with van der Waals surface area (Å²) in [5, 5.41) is 35.9. The third kappa shape index (κ3) is 9.04. The maximum Gasteiger partial charge on any atom is 0.405 e. The van der Waals surface area contributed by atoms with E-state index < -0.39 is 42.3 Å². The van der Waals surface area contributed by atoms with Gasteiger partial charge >= 0.3 is 6.09 Å². The smallest absolute Gasteiger partial charge is 0.405 e. The number of primary amides is 1. The summed E-state index contributed by atoms with van der Waals surface area (Å²) in [5.41, 5.74) is 6.69. The second-order valence-corrected chi connectivity index (χ2v) is 10.5. The number of aliphatic imine (C=N–C) groups is 1. The fourth-order valence-electron chi connectivity index (χ4n) is 4.87. The normalized spacial score (nSPS) is 26.3. The van der Waals surface area contributed by atoms with Crippen LogP contribution in [0.4, 0.5) is 16.2 Å². The number of aromatic hydroxyl groups is 2. The van der Waals surface area contributed by atoms with E-state index in [0.717, 1.165) is 0 Å². The van der Waals surface area contributed by atoms with Gasteiger partial charge in [-0.2, -0.15) is 0 Å². The summed E-state index contributed by atoms with van der Waals surface area (Å²) in [5.74, 6) is -1.61. The Labute approximate surface area is 247 Å². The van der Waals surface area contributed by atoms with Crippen molar-refractivity contribution < 1.29 is 39.1 Å². The summed E-state index contributed by atoms with van der Waals surface area (Å²) in [6, 6.07) is 1.23. The number of carbonyl (C=O) groups excluding carboxylic acids is 2. The van der Waals surface area contributed by atoms with Gasteiger partial charge in [-0.25, -0.2) is 4.79 Å². The van der Waals surface area contributed by atoms with Crippen LogP contribution in [0, 0.1) is 11.8 Å². The number of aliphatic hydroxyl groups excluding tert-OH is 1. The molecule has 0 saturated carbocycles. The summed E-state index contributed by atoms with van der Waals surface area (Å²) in [7, 11) is 2.94. The Hall–Kier alpha value is -3.93. The van der Waals surface area contributed by atoms with E-state index in [4.69, 9.17) is 19.9 Å². The molecule has 0 unspecified atom stereocenters. The number of amides is 2. The molecule has 0 fully saturated rings. The highest BCUT2D eigenvalue weighted by atomic mass is 16.6. The number of phenols is 2. The molecule has 1 aromatic carbocycles. The van der Waals surface area contributed by atoms with Crippen molar-refractivity contribution in [1.82, 2.24) is 0 Å². The molecule has 0 radical (unpaired) electrons. The topological polar surface area (TPSA) is 173 Å². The average molecular weight is 586 g/mol. The van der Waals surface area contributed by atoms with E-state index in [1.54, 1.807) is 32.1 Å². The maximum absolute atomic E-state index is 13.0. The number of nitrogens with zero attached hydrogens (tertiary/aromatic N) is 1. The Kier molecular flexibility index (Phi) is 13.0. The number of phenolic OH excluding ortho intramolecular Hbond substituents is 2. The van der Waals surface area contributed by atoms with E-state index in [9.17, 15) is 24.9 Å². The van der Waals surface area contributed by atoms with Crippen molar-refractivity contribution in [2.24, 2.45) is 22.6 Å². The Morgan fingerprint density at radius 1 is 1.21 bits per heavy atom. The summed E-state index contributed by atoms with van der Waals surface area (Å²) >= 11 is 0. The van der Waals surface area contributed by atoms with Gasteiger partial charge in [-0.1, -0.05) is 50.8 Å². The first-order valence-electron chi connectivity index (χ1n) is 13.6. The molecule has 1 aliphatic rings. The average Bonchev–Trinajstić information content (AvgIpc) is 2.94. The Morgan fingerprint density at radius 3 is 2.50 bits per heavy atom. The molecule has 2 bridgehead atoms. The molecule has 0 aliphatic carbocycles. The molecule has 0 aromatic heterocycles. The van der Waals surface area contributed by atoms with Crippen molar-refractivity contribution >= 4 is 29.6 Å². The molecule has 11 heteroatoms. The number of carbonyl (C=O) groups is 2. The highest BCUT2D eigenvalue weighted by Gasteiger charge is 2.30. The molecule has 1 aromatic rings. The summed E-state index contributed by atoms with van der Waals surface area (Å²) in [4.78, 5) is 29.0. The number of anilines is 1. The van der Waals surface area contributed by atoms with Gasteiger partial charge in [0.25, 0.3) is 5.91 Å². The number of ether oxygens (including phenoxy) is 3. The number of allylic oxidation sites excluding steroid dienone is 3. The van der Waals surface area contributed by atoms with Gasteiger partial charge in [0, 0.05) is 43.6 Å². The van der Waals surface area contributed by atoms with Crippen molar-refractivity contribution in [3.63, 3.8) is 0 Å². The van der Waals surface area contributed by atoms with E-state index in [1.165, 1.54) is 38.7 Å². The number of hydrogen-bond acceptors (Lipinski definition) is 9. The van der Waals surface area contributed by atoms with Gasteiger partial charge in [-0.05, 0) is 38.2 Å². The van der Waals surface area contributed by atoms with Crippen molar-refractivity contribution in [1.29, 1.82) is 0 Å². The standard InChI is InChI=1S/C31H43N3O8/c1-8-12-33-26-21-13-17(2)14-25(41-7)27(36)19(4)15-20(5)29(42-31(32)39)24(40-6)11-9-10-18(3)30(38)34-22(28(21)37)16-23(26)35/h8-12,15-17,19,24-25,27,29,35-37H,1,13-14H2,2-7H3,(H2,32,39)(H,34,38)/t17-,19+,24-,25+,27-,29+/m1/s1. The van der Waals surface area contributed by atoms with Gasteiger partial charge < -0.3 is 40.6 Å². The highest BCUT2D eigenvalue weighted by Crippen LogP contribution is 2.44. The zero-order valence-corrected chi connectivity index (χ0v) is 25.0. The maximum atomic E-state index is 13.0. The van der Waals surface area contributed by atoms with Crippen molar-refractivity contribution in [2.45, 2.75) is 65.0 Å². The minimum Gasteiger partial charge on any atom is -0.506 e. The first-order valence-corrected chi connectivity index (χ1v) is 13.6. The SMILES string of the molecule is C=CC=Nc1c(O)cc2c(O)c1C[C@@H](C)C[C@H](OC)[C@H](O)[C@@H](C)C=C(C)[C@H](OC(N)=O)[C@H](OC)C=CC=C(C)C(=O)N2. The quantitative estimate of drug-likeness (QED) is 0.146. The number of nitrogens with two attached hydrogens (primary N) is 1. The van der Waals surface area contributed by atoms with Crippen LogP contribution in [0.25, 0.3) is 0 Å².